The van der Waals surface area contributed by atoms with Gasteiger partial charge in [-0.05, 0) is 65.2 Å². The van der Waals surface area contributed by atoms with Gasteiger partial charge in [0.2, 0.25) is 0 Å². The minimum absolute atomic E-state index is 0.455. The predicted molar refractivity (Wildman–Crippen MR) is 119 cm³/mol. The second-order valence-electron chi connectivity index (χ2n) is 8.05. The van der Waals surface area contributed by atoms with Gasteiger partial charge in [-0.15, -0.1) is 0 Å². The molecule has 2 aromatic rings. The zero-order chi connectivity index (χ0) is 22.1. The molecule has 1 aromatic heterocycles. The van der Waals surface area contributed by atoms with Crippen molar-refractivity contribution >= 4 is 17.7 Å². The Morgan fingerprint density at radius 2 is 1.73 bits per heavy atom. The van der Waals surface area contributed by atoms with Crippen molar-refractivity contribution in [1.82, 2.24) is 15.8 Å². The lowest BCUT2D eigenvalue weighted by atomic mass is 10.1. The highest BCUT2D eigenvalue weighted by Gasteiger charge is 2.16. The standard InChI is InChI=1S/C22H33N5O3/c1-15-19(16(2)30-27-15)12-14-25-20(23-6)24-13-11-17-7-9-18(10-8-17)26-21(28)29-22(3,4)5/h7-10H,11-14H2,1-6H3,(H,26,28)(H2,23,24,25). The maximum absolute atomic E-state index is 11.8. The Bertz CT molecular complexity index is 831. The first-order chi connectivity index (χ1) is 14.2. The Kier molecular flexibility index (Phi) is 8.26. The highest BCUT2D eigenvalue weighted by Crippen LogP contribution is 2.13. The lowest BCUT2D eigenvalue weighted by Gasteiger charge is -2.19. The highest BCUT2D eigenvalue weighted by molar-refractivity contribution is 5.84. The van der Waals surface area contributed by atoms with Crippen molar-refractivity contribution in [3.63, 3.8) is 0 Å². The molecule has 0 bridgehead atoms. The van der Waals surface area contributed by atoms with Crippen LogP contribution in [0.15, 0.2) is 33.8 Å². The number of amides is 1. The predicted octanol–water partition coefficient (Wildman–Crippen LogP) is 3.59. The van der Waals surface area contributed by atoms with E-state index in [-0.39, 0.29) is 0 Å². The number of nitrogens with one attached hydrogen (secondary N) is 3. The van der Waals surface area contributed by atoms with E-state index in [2.05, 4.69) is 26.1 Å². The SMILES string of the molecule is CN=C(NCCc1ccc(NC(=O)OC(C)(C)C)cc1)NCCc1c(C)noc1C. The number of hydrogen-bond acceptors (Lipinski definition) is 5. The number of anilines is 1. The van der Waals surface area contributed by atoms with E-state index in [9.17, 15) is 4.79 Å². The Labute approximate surface area is 178 Å². The van der Waals surface area contributed by atoms with E-state index in [4.69, 9.17) is 9.26 Å². The van der Waals surface area contributed by atoms with Gasteiger partial charge in [0.05, 0.1) is 5.69 Å². The Morgan fingerprint density at radius 3 is 2.27 bits per heavy atom. The summed E-state index contributed by atoms with van der Waals surface area (Å²) in [6, 6.07) is 7.72. The van der Waals surface area contributed by atoms with Gasteiger partial charge in [0, 0.05) is 31.4 Å². The van der Waals surface area contributed by atoms with Crippen LogP contribution in [-0.2, 0) is 17.6 Å². The van der Waals surface area contributed by atoms with Gasteiger partial charge < -0.3 is 19.9 Å². The average Bonchev–Trinajstić information content (AvgIpc) is 2.98. The minimum atomic E-state index is -0.519. The van der Waals surface area contributed by atoms with Crippen LogP contribution in [0.3, 0.4) is 0 Å². The van der Waals surface area contributed by atoms with E-state index in [1.54, 1.807) is 7.05 Å². The summed E-state index contributed by atoms with van der Waals surface area (Å²) in [7, 11) is 1.75. The van der Waals surface area contributed by atoms with Crippen molar-refractivity contribution in [2.45, 2.75) is 53.1 Å². The van der Waals surface area contributed by atoms with E-state index in [0.717, 1.165) is 54.5 Å². The molecule has 0 fully saturated rings. The first kappa shape index (κ1) is 23.3. The van der Waals surface area contributed by atoms with Crippen LogP contribution in [-0.4, -0.2) is 42.9 Å². The second kappa shape index (κ2) is 10.7. The number of aromatic nitrogens is 1. The van der Waals surface area contributed by atoms with E-state index < -0.39 is 11.7 Å². The fourth-order valence-electron chi connectivity index (χ4n) is 2.89. The van der Waals surface area contributed by atoms with Crippen molar-refractivity contribution in [2.75, 3.05) is 25.5 Å². The molecule has 0 aliphatic heterocycles. The monoisotopic (exact) mass is 415 g/mol. The number of carbonyl (C=O) groups excluding carboxylic acids is 1. The van der Waals surface area contributed by atoms with Gasteiger partial charge in [-0.1, -0.05) is 17.3 Å². The van der Waals surface area contributed by atoms with Crippen molar-refractivity contribution in [3.05, 3.63) is 46.8 Å². The number of aliphatic imine (C=N–C) groups is 1. The number of aryl methyl sites for hydroxylation is 2. The molecule has 8 heteroatoms. The number of carbonyl (C=O) groups is 1. The van der Waals surface area contributed by atoms with E-state index in [1.807, 2.05) is 58.9 Å². The molecule has 3 N–H and O–H groups in total. The molecule has 30 heavy (non-hydrogen) atoms. The maximum atomic E-state index is 11.8. The summed E-state index contributed by atoms with van der Waals surface area (Å²) >= 11 is 0. The molecule has 1 amide bonds. The van der Waals surface area contributed by atoms with Gasteiger partial charge in [-0.2, -0.15) is 0 Å². The fraction of sp³-hybridized carbons (Fsp3) is 0.500. The van der Waals surface area contributed by atoms with Crippen LogP contribution in [0.5, 0.6) is 0 Å². The Morgan fingerprint density at radius 1 is 1.10 bits per heavy atom. The lowest BCUT2D eigenvalue weighted by Crippen LogP contribution is -2.39. The van der Waals surface area contributed by atoms with Gasteiger partial charge in [-0.25, -0.2) is 4.79 Å². The van der Waals surface area contributed by atoms with E-state index >= 15 is 0 Å². The first-order valence-electron chi connectivity index (χ1n) is 10.1. The third-order valence-corrected chi connectivity index (χ3v) is 4.38. The molecular weight excluding hydrogens is 382 g/mol. The zero-order valence-corrected chi connectivity index (χ0v) is 18.8. The number of ether oxygens (including phenoxy) is 1. The topological polar surface area (TPSA) is 101 Å². The van der Waals surface area contributed by atoms with Gasteiger partial charge in [0.25, 0.3) is 0 Å². The largest absolute Gasteiger partial charge is 0.444 e. The Balaban J connectivity index is 1.72. The molecule has 0 aliphatic rings. The molecule has 0 atom stereocenters. The van der Waals surface area contributed by atoms with Gasteiger partial charge >= 0.3 is 6.09 Å². The average molecular weight is 416 g/mol. The van der Waals surface area contributed by atoms with Crippen LogP contribution >= 0.6 is 0 Å². The van der Waals surface area contributed by atoms with Crippen molar-refractivity contribution < 1.29 is 14.1 Å². The Hall–Kier alpha value is -3.03. The summed E-state index contributed by atoms with van der Waals surface area (Å²) in [5.74, 6) is 1.62. The smallest absolute Gasteiger partial charge is 0.412 e. The van der Waals surface area contributed by atoms with Crippen LogP contribution in [0, 0.1) is 13.8 Å². The molecule has 1 heterocycles. The summed E-state index contributed by atoms with van der Waals surface area (Å²) in [6.07, 6.45) is 1.20. The van der Waals surface area contributed by atoms with Gasteiger partial charge in [-0.3, -0.25) is 10.3 Å². The van der Waals surface area contributed by atoms with Crippen LogP contribution in [0.25, 0.3) is 0 Å². The van der Waals surface area contributed by atoms with E-state index in [1.165, 1.54) is 0 Å². The number of hydrogen-bond donors (Lipinski definition) is 3. The first-order valence-corrected chi connectivity index (χ1v) is 10.1. The molecule has 0 saturated heterocycles. The molecule has 2 rings (SSSR count). The quantitative estimate of drug-likeness (QED) is 0.472. The molecule has 164 valence electrons. The van der Waals surface area contributed by atoms with E-state index in [0.29, 0.717) is 5.69 Å². The molecule has 0 unspecified atom stereocenters. The van der Waals surface area contributed by atoms with Gasteiger partial charge in [0.15, 0.2) is 5.96 Å². The van der Waals surface area contributed by atoms with Crippen molar-refractivity contribution in [1.29, 1.82) is 0 Å². The second-order valence-corrected chi connectivity index (χ2v) is 8.05. The van der Waals surface area contributed by atoms with Crippen LogP contribution in [0.4, 0.5) is 10.5 Å². The summed E-state index contributed by atoms with van der Waals surface area (Å²) < 4.78 is 10.4. The van der Waals surface area contributed by atoms with Gasteiger partial charge in [0.1, 0.15) is 11.4 Å². The lowest BCUT2D eigenvalue weighted by molar-refractivity contribution is 0.0636. The third kappa shape index (κ3) is 7.77. The molecule has 8 nitrogen and oxygen atoms in total. The zero-order valence-electron chi connectivity index (χ0n) is 18.8. The fourth-order valence-corrected chi connectivity index (χ4v) is 2.89. The summed E-state index contributed by atoms with van der Waals surface area (Å²) in [4.78, 5) is 16.1. The number of guanidine groups is 1. The third-order valence-electron chi connectivity index (χ3n) is 4.38. The van der Waals surface area contributed by atoms with Crippen molar-refractivity contribution in [3.8, 4) is 0 Å². The highest BCUT2D eigenvalue weighted by atomic mass is 16.6. The minimum Gasteiger partial charge on any atom is -0.444 e. The number of rotatable bonds is 7. The molecule has 1 aromatic carbocycles. The summed E-state index contributed by atoms with van der Waals surface area (Å²) in [6.45, 7) is 10.9. The molecule has 0 aliphatic carbocycles. The molecule has 0 radical (unpaired) electrons. The van der Waals surface area contributed by atoms with Crippen molar-refractivity contribution in [2.24, 2.45) is 4.99 Å². The summed E-state index contributed by atoms with van der Waals surface area (Å²) in [5.41, 5.74) is 3.41. The van der Waals surface area contributed by atoms with Crippen LogP contribution in [0.1, 0.15) is 43.4 Å². The van der Waals surface area contributed by atoms with Crippen LogP contribution < -0.4 is 16.0 Å². The maximum Gasteiger partial charge on any atom is 0.412 e. The summed E-state index contributed by atoms with van der Waals surface area (Å²) in [5, 5.41) is 13.3. The number of nitrogens with zero attached hydrogens (tertiary/aromatic N) is 2. The molecular formula is C22H33N5O3. The number of benzene rings is 1. The molecule has 0 spiro atoms. The normalized spacial score (nSPS) is 11.9. The van der Waals surface area contributed by atoms with Crippen LogP contribution in [0.2, 0.25) is 0 Å². The molecule has 0 saturated carbocycles.